The van der Waals surface area contributed by atoms with Gasteiger partial charge in [-0.05, 0) is 47.2 Å². The maximum atomic E-state index is 12.3. The molecule has 1 heterocycles. The number of rotatable bonds is 6. The molecule has 0 aliphatic carbocycles. The topological polar surface area (TPSA) is 46.2 Å². The molecule has 24 heavy (non-hydrogen) atoms. The lowest BCUT2D eigenvalue weighted by molar-refractivity contribution is 0.597. The minimum atomic E-state index is -3.45. The summed E-state index contributed by atoms with van der Waals surface area (Å²) in [5.74, 6) is 0. The average molecular weight is 376 g/mol. The lowest BCUT2D eigenvalue weighted by Crippen LogP contribution is -2.18. The van der Waals surface area contributed by atoms with E-state index < -0.39 is 9.06 Å². The quantitative estimate of drug-likeness (QED) is 0.627. The third kappa shape index (κ3) is 4.48. The van der Waals surface area contributed by atoms with Crippen LogP contribution >= 0.6 is 22.1 Å². The van der Waals surface area contributed by atoms with Crippen LogP contribution in [-0.2, 0) is 15.6 Å². The van der Waals surface area contributed by atoms with E-state index in [9.17, 15) is 8.42 Å². The van der Waals surface area contributed by atoms with Crippen molar-refractivity contribution in [2.24, 2.45) is 0 Å². The first-order valence-corrected chi connectivity index (χ1v) is 11.1. The first kappa shape index (κ1) is 17.2. The molecule has 0 spiro atoms. The van der Waals surface area contributed by atoms with E-state index in [0.717, 1.165) is 32.4 Å². The molecule has 3 aromatic rings. The summed E-state index contributed by atoms with van der Waals surface area (Å²) in [7, 11) is -2.60. The SMILES string of the molecule is Cc1ccc(SS(=O)(=O)NCc2cccs2)cc1-c1ccccc1. The van der Waals surface area contributed by atoms with Crippen LogP contribution in [0.2, 0.25) is 0 Å². The highest BCUT2D eigenvalue weighted by Gasteiger charge is 2.14. The van der Waals surface area contributed by atoms with Gasteiger partial charge in [0.1, 0.15) is 0 Å². The molecule has 2 aromatic carbocycles. The van der Waals surface area contributed by atoms with Crippen LogP contribution in [0, 0.1) is 6.92 Å². The van der Waals surface area contributed by atoms with Gasteiger partial charge < -0.3 is 0 Å². The lowest BCUT2D eigenvalue weighted by Gasteiger charge is -2.10. The minimum Gasteiger partial charge on any atom is -0.201 e. The maximum Gasteiger partial charge on any atom is 0.269 e. The van der Waals surface area contributed by atoms with Gasteiger partial charge in [0.25, 0.3) is 9.06 Å². The number of hydrogen-bond donors (Lipinski definition) is 1. The summed E-state index contributed by atoms with van der Waals surface area (Å²) in [6.45, 7) is 2.35. The zero-order valence-corrected chi connectivity index (χ0v) is 15.5. The van der Waals surface area contributed by atoms with Crippen molar-refractivity contribution >= 4 is 31.2 Å². The van der Waals surface area contributed by atoms with Gasteiger partial charge in [0.05, 0.1) is 0 Å². The van der Waals surface area contributed by atoms with Crippen molar-refractivity contribution in [3.05, 3.63) is 76.5 Å². The second-order valence-electron chi connectivity index (χ2n) is 5.28. The summed E-state index contributed by atoms with van der Waals surface area (Å²) in [6.07, 6.45) is 0. The molecule has 0 saturated carbocycles. The van der Waals surface area contributed by atoms with Gasteiger partial charge in [0.15, 0.2) is 0 Å². The van der Waals surface area contributed by atoms with E-state index in [1.165, 1.54) is 11.3 Å². The predicted molar refractivity (Wildman–Crippen MR) is 103 cm³/mol. The molecule has 3 rings (SSSR count). The number of hydrogen-bond acceptors (Lipinski definition) is 4. The third-order valence-electron chi connectivity index (χ3n) is 3.50. The predicted octanol–water partition coefficient (Wildman–Crippen LogP) is 4.85. The highest BCUT2D eigenvalue weighted by molar-refractivity contribution is 8.71. The van der Waals surface area contributed by atoms with E-state index >= 15 is 0 Å². The molecule has 0 bridgehead atoms. The van der Waals surface area contributed by atoms with Crippen LogP contribution in [0.15, 0.2) is 70.9 Å². The van der Waals surface area contributed by atoms with Crippen LogP contribution in [0.1, 0.15) is 10.4 Å². The normalized spacial score (nSPS) is 11.5. The number of benzene rings is 2. The van der Waals surface area contributed by atoms with Gasteiger partial charge >= 0.3 is 0 Å². The van der Waals surface area contributed by atoms with E-state index in [4.69, 9.17) is 0 Å². The van der Waals surface area contributed by atoms with Gasteiger partial charge in [0.2, 0.25) is 0 Å². The number of nitrogens with one attached hydrogen (secondary N) is 1. The van der Waals surface area contributed by atoms with Crippen molar-refractivity contribution in [1.82, 2.24) is 4.72 Å². The maximum absolute atomic E-state index is 12.3. The molecule has 0 atom stereocenters. The van der Waals surface area contributed by atoms with Crippen molar-refractivity contribution in [3.8, 4) is 11.1 Å². The standard InChI is InChI=1S/C18H17NO2S3/c1-14-9-10-16(12-18(14)15-6-3-2-4-7-15)23-24(20,21)19-13-17-8-5-11-22-17/h2-12,19H,13H2,1H3. The van der Waals surface area contributed by atoms with Crippen LogP contribution in [0.5, 0.6) is 0 Å². The first-order chi connectivity index (χ1) is 11.5. The molecule has 1 aromatic heterocycles. The Bertz CT molecular complexity index is 905. The second-order valence-corrected chi connectivity index (χ2v) is 9.96. The smallest absolute Gasteiger partial charge is 0.201 e. The van der Waals surface area contributed by atoms with Crippen LogP contribution in [0.3, 0.4) is 0 Å². The zero-order chi connectivity index (χ0) is 17.0. The summed E-state index contributed by atoms with van der Waals surface area (Å²) in [4.78, 5) is 1.70. The van der Waals surface area contributed by atoms with Crippen LogP contribution in [0.4, 0.5) is 0 Å². The minimum absolute atomic E-state index is 0.324. The van der Waals surface area contributed by atoms with E-state index in [1.807, 2.05) is 73.0 Å². The molecule has 0 radical (unpaired) electrons. The molecule has 0 fully saturated rings. The number of aryl methyl sites for hydroxylation is 1. The molecule has 6 heteroatoms. The third-order valence-corrected chi connectivity index (χ3v) is 7.13. The second kappa shape index (κ2) is 7.53. The average Bonchev–Trinajstić information content (AvgIpc) is 3.09. The van der Waals surface area contributed by atoms with Gasteiger partial charge in [-0.2, -0.15) is 0 Å². The molecule has 0 unspecified atom stereocenters. The molecule has 0 aliphatic rings. The van der Waals surface area contributed by atoms with Crippen LogP contribution < -0.4 is 4.72 Å². The summed E-state index contributed by atoms with van der Waals surface area (Å²) in [5, 5.41) is 1.93. The van der Waals surface area contributed by atoms with E-state index in [-0.39, 0.29) is 0 Å². The van der Waals surface area contributed by atoms with Crippen molar-refractivity contribution in [3.63, 3.8) is 0 Å². The van der Waals surface area contributed by atoms with Gasteiger partial charge in [-0.25, -0.2) is 13.1 Å². The summed E-state index contributed by atoms with van der Waals surface area (Å²) in [5.41, 5.74) is 3.25. The zero-order valence-electron chi connectivity index (χ0n) is 13.1. The fourth-order valence-electron chi connectivity index (χ4n) is 2.31. The Morgan fingerprint density at radius 2 is 1.83 bits per heavy atom. The largest absolute Gasteiger partial charge is 0.269 e. The molecule has 124 valence electrons. The van der Waals surface area contributed by atoms with Gasteiger partial charge in [-0.3, -0.25) is 0 Å². The Balaban J connectivity index is 1.77. The van der Waals surface area contributed by atoms with Crippen molar-refractivity contribution in [2.75, 3.05) is 0 Å². The number of thiophene rings is 1. The van der Waals surface area contributed by atoms with Crippen molar-refractivity contribution in [2.45, 2.75) is 18.4 Å². The molecule has 0 amide bonds. The Labute approximate surface area is 150 Å². The molecule has 1 N–H and O–H groups in total. The summed E-state index contributed by atoms with van der Waals surface area (Å²) in [6, 6.07) is 19.5. The molecule has 0 aliphatic heterocycles. The summed E-state index contributed by atoms with van der Waals surface area (Å²) >= 11 is 1.54. The molecule has 3 nitrogen and oxygen atoms in total. The van der Waals surface area contributed by atoms with Crippen molar-refractivity contribution < 1.29 is 8.42 Å². The summed E-state index contributed by atoms with van der Waals surface area (Å²) < 4.78 is 27.2. The Kier molecular flexibility index (Phi) is 5.40. The van der Waals surface area contributed by atoms with Gasteiger partial charge in [0, 0.05) is 27.1 Å². The lowest BCUT2D eigenvalue weighted by atomic mass is 10.0. The van der Waals surface area contributed by atoms with Gasteiger partial charge in [-0.1, -0.05) is 42.5 Å². The first-order valence-electron chi connectivity index (χ1n) is 7.41. The Morgan fingerprint density at radius 3 is 2.54 bits per heavy atom. The Morgan fingerprint density at radius 1 is 1.04 bits per heavy atom. The fraction of sp³-hybridized carbons (Fsp3) is 0.111. The van der Waals surface area contributed by atoms with E-state index in [0.29, 0.717) is 11.4 Å². The monoisotopic (exact) mass is 375 g/mol. The molecular formula is C18H17NO2S3. The fourth-order valence-corrected chi connectivity index (χ4v) is 5.41. The van der Waals surface area contributed by atoms with Crippen LogP contribution in [0.25, 0.3) is 11.1 Å². The van der Waals surface area contributed by atoms with Gasteiger partial charge in [-0.15, -0.1) is 11.3 Å². The molecule has 0 saturated heterocycles. The highest BCUT2D eigenvalue weighted by atomic mass is 33.1. The Hall–Kier alpha value is -1.60. The van der Waals surface area contributed by atoms with E-state index in [1.54, 1.807) is 0 Å². The van der Waals surface area contributed by atoms with E-state index in [2.05, 4.69) is 4.72 Å². The van der Waals surface area contributed by atoms with Crippen LogP contribution in [-0.4, -0.2) is 8.42 Å². The van der Waals surface area contributed by atoms with Crippen molar-refractivity contribution in [1.29, 1.82) is 0 Å². The highest BCUT2D eigenvalue weighted by Crippen LogP contribution is 2.31. The molecular weight excluding hydrogens is 358 g/mol.